The number of carbonyl (C=O) groups is 1. The number of hydrogen-bond donors (Lipinski definition) is 0. The molecule has 0 radical (unpaired) electrons. The van der Waals surface area contributed by atoms with E-state index < -0.39 is 0 Å². The summed E-state index contributed by atoms with van der Waals surface area (Å²) in [5, 5.41) is 9.08. The van der Waals surface area contributed by atoms with Crippen molar-refractivity contribution in [2.75, 3.05) is 20.2 Å². The normalized spacial score (nSPS) is 21.1. The summed E-state index contributed by atoms with van der Waals surface area (Å²) in [6, 6.07) is 10.4. The van der Waals surface area contributed by atoms with E-state index in [-0.39, 0.29) is 17.2 Å². The van der Waals surface area contributed by atoms with Crippen LogP contribution in [0.4, 0.5) is 0 Å². The summed E-state index contributed by atoms with van der Waals surface area (Å²) in [4.78, 5) is 15.4. The lowest BCUT2D eigenvalue weighted by molar-refractivity contribution is -0.140. The van der Waals surface area contributed by atoms with Crippen LogP contribution in [-0.4, -0.2) is 31.0 Å². The molecule has 0 spiro atoms. The molecule has 4 heteroatoms. The Kier molecular flexibility index (Phi) is 5.08. The third-order valence-electron chi connectivity index (χ3n) is 5.72. The van der Waals surface area contributed by atoms with Crippen molar-refractivity contribution in [3.05, 3.63) is 29.8 Å². The molecule has 0 N–H and O–H groups in total. The molecule has 1 saturated heterocycles. The summed E-state index contributed by atoms with van der Waals surface area (Å²) in [5.74, 6) is 1.20. The van der Waals surface area contributed by atoms with Crippen LogP contribution in [0.1, 0.15) is 50.5 Å². The highest BCUT2D eigenvalue weighted by atomic mass is 16.5. The maximum atomic E-state index is 13.4. The van der Waals surface area contributed by atoms with Crippen molar-refractivity contribution in [2.45, 2.75) is 50.4 Å². The van der Waals surface area contributed by atoms with Crippen LogP contribution in [0.3, 0.4) is 0 Å². The number of nitrogens with zero attached hydrogens (tertiary/aromatic N) is 2. The van der Waals surface area contributed by atoms with Gasteiger partial charge in [0.15, 0.2) is 0 Å². The van der Waals surface area contributed by atoms with Gasteiger partial charge in [0.2, 0.25) is 5.91 Å². The molecule has 0 aromatic heterocycles. The summed E-state index contributed by atoms with van der Waals surface area (Å²) >= 11 is 0. The van der Waals surface area contributed by atoms with Gasteiger partial charge >= 0.3 is 0 Å². The maximum absolute atomic E-state index is 13.4. The first-order valence-corrected chi connectivity index (χ1v) is 9.03. The fourth-order valence-electron chi connectivity index (χ4n) is 4.21. The van der Waals surface area contributed by atoms with Crippen molar-refractivity contribution >= 4 is 5.91 Å². The van der Waals surface area contributed by atoms with E-state index in [0.29, 0.717) is 0 Å². The highest BCUT2D eigenvalue weighted by molar-refractivity contribution is 5.88. The summed E-state index contributed by atoms with van der Waals surface area (Å²) in [7, 11) is 1.66. The van der Waals surface area contributed by atoms with Gasteiger partial charge in [-0.25, -0.2) is 0 Å². The second kappa shape index (κ2) is 7.25. The summed E-state index contributed by atoms with van der Waals surface area (Å²) in [6.07, 6.45) is 6.88. The van der Waals surface area contributed by atoms with Gasteiger partial charge in [0.05, 0.1) is 18.6 Å². The van der Waals surface area contributed by atoms with Crippen LogP contribution >= 0.6 is 0 Å². The lowest BCUT2D eigenvalue weighted by Gasteiger charge is -2.42. The number of piperidine rings is 1. The Labute approximate surface area is 144 Å². The van der Waals surface area contributed by atoms with Gasteiger partial charge in [-0.2, -0.15) is 5.26 Å². The standard InChI is InChI=1S/C20H26N2O2/c1-24-18-7-5-17(6-8-18)20(11-3-2-4-12-20)19(23)22-13-9-16(15-21)10-14-22/h5-8,16H,2-4,9-14H2,1H3. The zero-order chi connectivity index (χ0) is 17.0. The number of hydrogen-bond acceptors (Lipinski definition) is 3. The monoisotopic (exact) mass is 326 g/mol. The molecule has 24 heavy (non-hydrogen) atoms. The Morgan fingerprint density at radius 2 is 1.79 bits per heavy atom. The zero-order valence-electron chi connectivity index (χ0n) is 14.5. The molecule has 0 bridgehead atoms. The molecule has 1 saturated carbocycles. The zero-order valence-corrected chi connectivity index (χ0v) is 14.5. The van der Waals surface area contributed by atoms with Gasteiger partial charge < -0.3 is 9.64 Å². The van der Waals surface area contributed by atoms with E-state index in [4.69, 9.17) is 10.00 Å². The smallest absolute Gasteiger partial charge is 0.233 e. The Hall–Kier alpha value is -2.02. The predicted octanol–water partition coefficient (Wildman–Crippen LogP) is 3.66. The predicted molar refractivity (Wildman–Crippen MR) is 92.7 cm³/mol. The van der Waals surface area contributed by atoms with Crippen molar-refractivity contribution < 1.29 is 9.53 Å². The third kappa shape index (κ3) is 3.13. The molecule has 4 nitrogen and oxygen atoms in total. The van der Waals surface area contributed by atoms with E-state index in [1.165, 1.54) is 6.42 Å². The van der Waals surface area contributed by atoms with E-state index in [1.807, 2.05) is 17.0 Å². The van der Waals surface area contributed by atoms with Crippen LogP contribution in [0.5, 0.6) is 5.75 Å². The van der Waals surface area contributed by atoms with E-state index >= 15 is 0 Å². The van der Waals surface area contributed by atoms with Gasteiger partial charge in [-0.3, -0.25) is 4.79 Å². The second-order valence-corrected chi connectivity index (χ2v) is 7.07. The van der Waals surface area contributed by atoms with Crippen molar-refractivity contribution in [2.24, 2.45) is 5.92 Å². The average molecular weight is 326 g/mol. The minimum atomic E-state index is -0.385. The van der Waals surface area contributed by atoms with E-state index in [9.17, 15) is 4.79 Å². The molecule has 1 aliphatic heterocycles. The molecule has 1 aliphatic carbocycles. The Morgan fingerprint density at radius 3 is 2.33 bits per heavy atom. The topological polar surface area (TPSA) is 53.3 Å². The van der Waals surface area contributed by atoms with Crippen molar-refractivity contribution in [3.8, 4) is 11.8 Å². The Bertz CT molecular complexity index is 604. The molecule has 2 fully saturated rings. The largest absolute Gasteiger partial charge is 0.497 e. The van der Waals surface area contributed by atoms with Crippen molar-refractivity contribution in [1.29, 1.82) is 5.26 Å². The first-order valence-electron chi connectivity index (χ1n) is 9.03. The number of carbonyl (C=O) groups excluding carboxylic acids is 1. The average Bonchev–Trinajstić information content (AvgIpc) is 2.68. The summed E-state index contributed by atoms with van der Waals surface area (Å²) < 4.78 is 5.26. The van der Waals surface area contributed by atoms with Crippen molar-refractivity contribution in [1.82, 2.24) is 4.90 Å². The van der Waals surface area contributed by atoms with Crippen LogP contribution in [-0.2, 0) is 10.2 Å². The number of ether oxygens (including phenoxy) is 1. The second-order valence-electron chi connectivity index (χ2n) is 7.07. The molecule has 3 rings (SSSR count). The molecule has 0 atom stereocenters. The molecule has 1 aromatic rings. The minimum absolute atomic E-state index is 0.109. The van der Waals surface area contributed by atoms with Gasteiger partial charge in [0.1, 0.15) is 5.75 Å². The fourth-order valence-corrected chi connectivity index (χ4v) is 4.21. The highest BCUT2D eigenvalue weighted by Crippen LogP contribution is 2.42. The number of amides is 1. The molecule has 1 amide bonds. The molecular weight excluding hydrogens is 300 g/mol. The first-order chi connectivity index (χ1) is 11.7. The highest BCUT2D eigenvalue weighted by Gasteiger charge is 2.44. The first kappa shape index (κ1) is 16.8. The number of rotatable bonds is 3. The number of likely N-dealkylation sites (tertiary alicyclic amines) is 1. The molecule has 1 heterocycles. The molecule has 0 unspecified atom stereocenters. The number of nitriles is 1. The minimum Gasteiger partial charge on any atom is -0.497 e. The van der Waals surface area contributed by atoms with Crippen molar-refractivity contribution in [3.63, 3.8) is 0 Å². The third-order valence-corrected chi connectivity index (χ3v) is 5.72. The molecule has 1 aromatic carbocycles. The summed E-state index contributed by atoms with van der Waals surface area (Å²) in [5.41, 5.74) is 0.736. The van der Waals surface area contributed by atoms with E-state index in [0.717, 1.165) is 62.9 Å². The molecular formula is C20H26N2O2. The molecule has 128 valence electrons. The van der Waals surface area contributed by atoms with E-state index in [1.54, 1.807) is 7.11 Å². The van der Waals surface area contributed by atoms with Crippen LogP contribution in [0, 0.1) is 17.2 Å². The fraction of sp³-hybridized carbons (Fsp3) is 0.600. The SMILES string of the molecule is COc1ccc(C2(C(=O)N3CCC(C#N)CC3)CCCCC2)cc1. The van der Waals surface area contributed by atoms with Gasteiger partial charge in [0.25, 0.3) is 0 Å². The van der Waals surface area contributed by atoms with Gasteiger partial charge in [-0.15, -0.1) is 0 Å². The van der Waals surface area contributed by atoms with Gasteiger partial charge in [0, 0.05) is 19.0 Å². The van der Waals surface area contributed by atoms with Crippen LogP contribution in [0.25, 0.3) is 0 Å². The summed E-state index contributed by atoms with van der Waals surface area (Å²) in [6.45, 7) is 1.43. The van der Waals surface area contributed by atoms with Gasteiger partial charge in [-0.05, 0) is 43.4 Å². The number of benzene rings is 1. The quantitative estimate of drug-likeness (QED) is 0.852. The lowest BCUT2D eigenvalue weighted by Crippen LogP contribution is -2.50. The van der Waals surface area contributed by atoms with Crippen LogP contribution in [0.2, 0.25) is 0 Å². The Balaban J connectivity index is 1.85. The van der Waals surface area contributed by atoms with Crippen LogP contribution < -0.4 is 4.74 Å². The van der Waals surface area contributed by atoms with E-state index in [2.05, 4.69) is 18.2 Å². The maximum Gasteiger partial charge on any atom is 0.233 e. The lowest BCUT2D eigenvalue weighted by atomic mass is 9.68. The molecule has 2 aliphatic rings. The van der Waals surface area contributed by atoms with Gasteiger partial charge in [-0.1, -0.05) is 31.4 Å². The Morgan fingerprint density at radius 1 is 1.17 bits per heavy atom. The van der Waals surface area contributed by atoms with Crippen LogP contribution in [0.15, 0.2) is 24.3 Å². The number of methoxy groups -OCH3 is 1.